The van der Waals surface area contributed by atoms with Gasteiger partial charge in [0.15, 0.2) is 17.3 Å². The molecule has 1 unspecified atom stereocenters. The normalized spacial score (nSPS) is 22.1. The van der Waals surface area contributed by atoms with E-state index in [9.17, 15) is 27.6 Å². The molecule has 4 amide bonds. The first kappa shape index (κ1) is 34.3. The number of rotatable bonds is 7. The molecule has 3 aromatic heterocycles. The van der Waals surface area contributed by atoms with Gasteiger partial charge in [0.2, 0.25) is 0 Å². The minimum atomic E-state index is -4.81. The summed E-state index contributed by atoms with van der Waals surface area (Å²) in [6, 6.07) is 7.34. The Balaban J connectivity index is 0.971. The average Bonchev–Trinajstić information content (AvgIpc) is 3.60. The summed E-state index contributed by atoms with van der Waals surface area (Å²) in [5, 5.41) is 12.6. The predicted molar refractivity (Wildman–Crippen MR) is 181 cm³/mol. The first-order valence-electron chi connectivity index (χ1n) is 16.3. The Morgan fingerprint density at radius 1 is 1.02 bits per heavy atom. The van der Waals surface area contributed by atoms with Crippen molar-refractivity contribution in [1.82, 2.24) is 39.8 Å². The van der Waals surface area contributed by atoms with Crippen molar-refractivity contribution >= 4 is 40.8 Å². The van der Waals surface area contributed by atoms with Gasteiger partial charge < -0.3 is 35.6 Å². The molecule has 0 radical (unpaired) electrons. The van der Waals surface area contributed by atoms with Gasteiger partial charge in [-0.05, 0) is 30.3 Å². The van der Waals surface area contributed by atoms with E-state index < -0.39 is 17.8 Å². The average molecular weight is 727 g/mol. The Morgan fingerprint density at radius 3 is 2.39 bits per heavy atom. The van der Waals surface area contributed by atoms with Crippen LogP contribution in [0.25, 0.3) is 17.1 Å². The number of fused-ring (bicyclic) bond motifs is 1. The fourth-order valence-electron chi connectivity index (χ4n) is 7.06. The molecule has 5 N–H and O–H groups in total. The lowest BCUT2D eigenvalue weighted by Crippen LogP contribution is -2.48. The lowest BCUT2D eigenvalue weighted by atomic mass is 10.2. The topological polar surface area (TPSA) is 165 Å². The van der Waals surface area contributed by atoms with Gasteiger partial charge in [-0.25, -0.2) is 19.4 Å². The van der Waals surface area contributed by atoms with E-state index in [1.807, 2.05) is 4.90 Å². The lowest BCUT2D eigenvalue weighted by Gasteiger charge is -2.25. The summed E-state index contributed by atoms with van der Waals surface area (Å²) in [7, 11) is 5.71. The fourth-order valence-corrected chi connectivity index (χ4v) is 7.33. The number of amides is 4. The number of nitrogens with one attached hydrogen (secondary N) is 3. The molecular weight excluding hydrogens is 691 g/mol. The van der Waals surface area contributed by atoms with Crippen molar-refractivity contribution in [3.05, 3.63) is 71.0 Å². The highest BCUT2D eigenvalue weighted by molar-refractivity contribution is 6.34. The van der Waals surface area contributed by atoms with Crippen molar-refractivity contribution in [2.75, 3.05) is 51.3 Å². The highest BCUT2D eigenvalue weighted by atomic mass is 35.5. The highest BCUT2D eigenvalue weighted by Crippen LogP contribution is 2.46. The van der Waals surface area contributed by atoms with Gasteiger partial charge in [-0.2, -0.15) is 18.3 Å². The Morgan fingerprint density at radius 2 is 1.76 bits per heavy atom. The van der Waals surface area contributed by atoms with Crippen LogP contribution in [0.3, 0.4) is 0 Å². The van der Waals surface area contributed by atoms with E-state index >= 15 is 0 Å². The quantitative estimate of drug-likeness (QED) is 0.212. The maximum atomic E-state index is 14.0. The molecule has 268 valence electrons. The zero-order valence-corrected chi connectivity index (χ0v) is 28.7. The number of likely N-dealkylation sites (tertiary alicyclic amines) is 2. The molecule has 1 aliphatic carbocycles. The van der Waals surface area contributed by atoms with Crippen molar-refractivity contribution in [2.24, 2.45) is 18.9 Å². The molecule has 4 aromatic rings. The first-order chi connectivity index (χ1) is 24.1. The number of likely N-dealkylation sites (N-methyl/N-ethyl adjacent to an activating group) is 1. The largest absolute Gasteiger partial charge is 0.435 e. The van der Waals surface area contributed by atoms with Gasteiger partial charge in [0.1, 0.15) is 0 Å². The third kappa shape index (κ3) is 6.82. The third-order valence-corrected chi connectivity index (χ3v) is 10.1. The van der Waals surface area contributed by atoms with Gasteiger partial charge in [0.25, 0.3) is 11.8 Å². The molecule has 7 rings (SSSR count). The lowest BCUT2D eigenvalue weighted by molar-refractivity contribution is -0.878. The number of piperidine rings is 1. The van der Waals surface area contributed by atoms with Crippen molar-refractivity contribution in [3.63, 3.8) is 0 Å². The summed E-state index contributed by atoms with van der Waals surface area (Å²) in [5.74, 6) is -0.803. The van der Waals surface area contributed by atoms with Crippen LogP contribution in [0, 0.1) is 11.8 Å². The molecule has 51 heavy (non-hydrogen) atoms. The fraction of sp³-hybridized carbons (Fsp3) is 0.394. The van der Waals surface area contributed by atoms with Gasteiger partial charge in [-0.3, -0.25) is 9.59 Å². The Hall–Kier alpha value is -5.16. The maximum absolute atomic E-state index is 14.0. The predicted octanol–water partition coefficient (Wildman–Crippen LogP) is 3.39. The molecule has 0 spiro atoms. The molecule has 3 fully saturated rings. The molecule has 14 nitrogen and oxygen atoms in total. The van der Waals surface area contributed by atoms with Crippen LogP contribution in [-0.2, 0) is 13.2 Å². The maximum Gasteiger partial charge on any atom is 0.435 e. The number of urea groups is 1. The number of nitrogens with two attached hydrogens (primary N) is 1. The van der Waals surface area contributed by atoms with Crippen molar-refractivity contribution in [1.29, 1.82) is 0 Å². The third-order valence-electron chi connectivity index (χ3n) is 9.83. The Kier molecular flexibility index (Phi) is 8.45. The molecule has 1 saturated carbocycles. The van der Waals surface area contributed by atoms with Crippen molar-refractivity contribution in [3.8, 4) is 17.1 Å². The van der Waals surface area contributed by atoms with Crippen LogP contribution in [0.2, 0.25) is 5.02 Å². The smallest absolute Gasteiger partial charge is 0.397 e. The minimum absolute atomic E-state index is 0.00926. The zero-order chi connectivity index (χ0) is 36.4. The monoisotopic (exact) mass is 726 g/mol. The number of nitrogens with zero attached hydrogens (tertiary/aromatic N) is 7. The molecule has 1 aromatic carbocycles. The number of carbonyl (C=O) groups is 3. The molecule has 2 aliphatic heterocycles. The number of nitrogen functional groups attached to an aromatic ring is 1. The number of pyridine rings is 1. The standard InChI is InChI=1S/C33H35ClF3N11O3/c1-45-25(23-15-47(44-28(23)33(35,36)37)26-7-4-17(38)11-39-26)12-40-29(45)31(50)41-18-5-6-20(24(34)10-18)30(49)43-27-21-13-46(14-22(21)27)32(51)42-19-8-9-48(2,3)16-19/h4-7,10-12,15,19,21-22,27H,8-9,13-14,16,38H2,1-3H3,(H2-,41,42,43,49,50,51)/p+1/t19-,21-,22+,27?/m0/s1. The molecule has 4 atom stereocenters. The van der Waals surface area contributed by atoms with Gasteiger partial charge in [-0.15, -0.1) is 0 Å². The number of alkyl halides is 3. The summed E-state index contributed by atoms with van der Waals surface area (Å²) >= 11 is 6.46. The van der Waals surface area contributed by atoms with Crippen LogP contribution in [0.4, 0.5) is 29.3 Å². The van der Waals surface area contributed by atoms with E-state index in [2.05, 4.69) is 45.1 Å². The van der Waals surface area contributed by atoms with Gasteiger partial charge >= 0.3 is 12.2 Å². The molecule has 0 bridgehead atoms. The van der Waals surface area contributed by atoms with Crippen LogP contribution in [0.1, 0.15) is 33.1 Å². The molecule has 5 heterocycles. The summed E-state index contributed by atoms with van der Waals surface area (Å²) in [5.41, 5.74) is 4.94. The van der Waals surface area contributed by atoms with Crippen LogP contribution < -0.4 is 21.7 Å². The van der Waals surface area contributed by atoms with Crippen LogP contribution in [0.5, 0.6) is 0 Å². The number of imidazole rings is 1. The molecular formula is C33H36ClF3N11O3+. The van der Waals surface area contributed by atoms with Gasteiger partial charge in [0.05, 0.1) is 73.2 Å². The van der Waals surface area contributed by atoms with Crippen molar-refractivity contribution < 1.29 is 32.0 Å². The van der Waals surface area contributed by atoms with E-state index in [1.165, 1.54) is 48.1 Å². The van der Waals surface area contributed by atoms with E-state index in [-0.39, 0.29) is 75.0 Å². The number of hydrogen-bond acceptors (Lipinski definition) is 7. The summed E-state index contributed by atoms with van der Waals surface area (Å²) in [6.45, 7) is 3.07. The number of halogens is 4. The summed E-state index contributed by atoms with van der Waals surface area (Å²) in [6.07, 6.45) is -0.256. The first-order valence-corrected chi connectivity index (χ1v) is 16.7. The van der Waals surface area contributed by atoms with Crippen LogP contribution in [0.15, 0.2) is 48.9 Å². The number of hydrogen-bond donors (Lipinski definition) is 4. The second kappa shape index (κ2) is 12.6. The number of aromatic nitrogens is 5. The van der Waals surface area contributed by atoms with E-state index in [0.29, 0.717) is 18.8 Å². The van der Waals surface area contributed by atoms with E-state index in [4.69, 9.17) is 17.3 Å². The Labute approximate surface area is 295 Å². The zero-order valence-electron chi connectivity index (χ0n) is 27.9. The molecule has 2 saturated heterocycles. The number of carbonyl (C=O) groups excluding carboxylic acids is 3. The number of quaternary nitrogens is 1. The summed E-state index contributed by atoms with van der Waals surface area (Å²) in [4.78, 5) is 49.0. The van der Waals surface area contributed by atoms with Crippen LogP contribution in [-0.4, -0.2) is 104 Å². The second-order valence-electron chi connectivity index (χ2n) is 14.0. The molecule has 3 aliphatic rings. The van der Waals surface area contributed by atoms with Gasteiger partial charge in [-0.1, -0.05) is 11.6 Å². The van der Waals surface area contributed by atoms with E-state index in [0.717, 1.165) is 41.1 Å². The number of benzene rings is 1. The van der Waals surface area contributed by atoms with E-state index in [1.54, 1.807) is 0 Å². The second-order valence-corrected chi connectivity index (χ2v) is 14.4. The Bertz CT molecular complexity index is 2020. The number of anilines is 2. The molecule has 18 heteroatoms. The summed E-state index contributed by atoms with van der Waals surface area (Å²) < 4.78 is 45.1. The van der Waals surface area contributed by atoms with Gasteiger partial charge in [0, 0.05) is 56.3 Å². The minimum Gasteiger partial charge on any atom is -0.397 e. The van der Waals surface area contributed by atoms with Crippen LogP contribution >= 0.6 is 11.6 Å². The highest BCUT2D eigenvalue weighted by Gasteiger charge is 2.57. The SMILES string of the molecule is Cn1c(-c2cn(-c3ccc(N)cn3)nc2C(F)(F)F)cnc1C(=O)Nc1ccc(C(=O)NC2[C@H]3CN(C(=O)N[C@H]4CC[N+](C)(C)C4)C[C@@H]23)c(Cl)c1. The van der Waals surface area contributed by atoms with Crippen molar-refractivity contribution in [2.45, 2.75) is 24.7 Å².